The van der Waals surface area contributed by atoms with E-state index < -0.39 is 0 Å². The largest absolute Gasteiger partial charge is 0.335 e. The first-order valence-electron chi connectivity index (χ1n) is 7.28. The number of nitrogens with one attached hydrogen (secondary N) is 1. The molecule has 1 aliphatic heterocycles. The fraction of sp³-hybridized carbons (Fsp3) is 0.600. The molecular weight excluding hydrogens is 252 g/mol. The zero-order valence-corrected chi connectivity index (χ0v) is 12.4. The normalized spacial score (nSPS) is 16.4. The maximum absolute atomic E-state index is 12.5. The Labute approximate surface area is 121 Å². The van der Waals surface area contributed by atoms with Crippen LogP contribution in [0.1, 0.15) is 19.4 Å². The van der Waals surface area contributed by atoms with Crippen LogP contribution in [0.4, 0.5) is 0 Å². The number of amides is 1. The van der Waals surface area contributed by atoms with E-state index in [0.717, 1.165) is 31.7 Å². The highest BCUT2D eigenvalue weighted by atomic mass is 16.2. The molecule has 5 nitrogen and oxygen atoms in total. The summed E-state index contributed by atoms with van der Waals surface area (Å²) in [6, 6.07) is 4.13. The van der Waals surface area contributed by atoms with E-state index in [1.807, 2.05) is 23.2 Å². The Morgan fingerprint density at radius 2 is 2.20 bits per heavy atom. The van der Waals surface area contributed by atoms with Crippen LogP contribution in [0.15, 0.2) is 24.5 Å². The Hall–Kier alpha value is -1.46. The van der Waals surface area contributed by atoms with E-state index in [2.05, 4.69) is 29.0 Å². The summed E-state index contributed by atoms with van der Waals surface area (Å²) in [6.07, 6.45) is 3.58. The average molecular weight is 276 g/mol. The molecule has 0 bridgehead atoms. The number of carbonyl (C=O) groups is 1. The number of hydrogen-bond donors (Lipinski definition) is 1. The minimum absolute atomic E-state index is 0.200. The number of piperazine rings is 1. The molecule has 0 spiro atoms. The van der Waals surface area contributed by atoms with Crippen molar-refractivity contribution in [1.82, 2.24) is 20.1 Å². The van der Waals surface area contributed by atoms with Crippen molar-refractivity contribution in [1.29, 1.82) is 0 Å². The smallest absolute Gasteiger partial charge is 0.237 e. The van der Waals surface area contributed by atoms with Gasteiger partial charge in [-0.1, -0.05) is 6.07 Å². The fourth-order valence-corrected chi connectivity index (χ4v) is 2.40. The molecule has 0 saturated carbocycles. The molecule has 0 atom stereocenters. The van der Waals surface area contributed by atoms with Crippen LogP contribution in [0.3, 0.4) is 0 Å². The number of pyridine rings is 1. The van der Waals surface area contributed by atoms with Crippen LogP contribution in [-0.2, 0) is 11.3 Å². The summed E-state index contributed by atoms with van der Waals surface area (Å²) in [7, 11) is 0. The number of carbonyl (C=O) groups excluding carboxylic acids is 1. The summed E-state index contributed by atoms with van der Waals surface area (Å²) in [6.45, 7) is 9.11. The molecule has 0 aliphatic carbocycles. The van der Waals surface area contributed by atoms with E-state index in [9.17, 15) is 4.79 Å². The Morgan fingerprint density at radius 3 is 2.80 bits per heavy atom. The first-order chi connectivity index (χ1) is 9.66. The van der Waals surface area contributed by atoms with Crippen LogP contribution in [-0.4, -0.2) is 59.5 Å². The number of nitrogens with zero attached hydrogens (tertiary/aromatic N) is 3. The van der Waals surface area contributed by atoms with Gasteiger partial charge >= 0.3 is 0 Å². The van der Waals surface area contributed by atoms with E-state index in [0.29, 0.717) is 13.1 Å². The number of rotatable bonds is 5. The van der Waals surface area contributed by atoms with Gasteiger partial charge < -0.3 is 10.2 Å². The van der Waals surface area contributed by atoms with Gasteiger partial charge in [0.25, 0.3) is 0 Å². The van der Waals surface area contributed by atoms with Crippen LogP contribution in [0, 0.1) is 0 Å². The second-order valence-corrected chi connectivity index (χ2v) is 5.50. The standard InChI is InChI=1S/C15H24N4O/c1-13(2)19(11-14-4-3-5-17-10-14)15(20)12-18-8-6-16-7-9-18/h3-5,10,13,16H,6-9,11-12H2,1-2H3. The van der Waals surface area contributed by atoms with Gasteiger partial charge in [-0.2, -0.15) is 0 Å². The average Bonchev–Trinajstić information content (AvgIpc) is 2.46. The summed E-state index contributed by atoms with van der Waals surface area (Å²) in [5.41, 5.74) is 1.08. The number of hydrogen-bond acceptors (Lipinski definition) is 4. The molecule has 0 radical (unpaired) electrons. The first kappa shape index (κ1) is 14.9. The van der Waals surface area contributed by atoms with Crippen LogP contribution < -0.4 is 5.32 Å². The Kier molecular flexibility index (Phi) is 5.49. The molecule has 5 heteroatoms. The summed E-state index contributed by atoms with van der Waals surface area (Å²) in [5.74, 6) is 0.200. The molecule has 1 aromatic heterocycles. The highest BCUT2D eigenvalue weighted by molar-refractivity contribution is 5.78. The van der Waals surface area contributed by atoms with Crippen LogP contribution in [0.5, 0.6) is 0 Å². The van der Waals surface area contributed by atoms with Crippen LogP contribution >= 0.6 is 0 Å². The minimum Gasteiger partial charge on any atom is -0.335 e. The third kappa shape index (κ3) is 4.28. The molecule has 1 fully saturated rings. The lowest BCUT2D eigenvalue weighted by molar-refractivity contribution is -0.134. The van der Waals surface area contributed by atoms with Crippen molar-refractivity contribution < 1.29 is 4.79 Å². The Morgan fingerprint density at radius 1 is 1.45 bits per heavy atom. The molecular formula is C15H24N4O. The molecule has 1 N–H and O–H groups in total. The third-order valence-electron chi connectivity index (χ3n) is 3.59. The fourth-order valence-electron chi connectivity index (χ4n) is 2.40. The summed E-state index contributed by atoms with van der Waals surface area (Å²) >= 11 is 0. The second-order valence-electron chi connectivity index (χ2n) is 5.50. The number of aromatic nitrogens is 1. The first-order valence-corrected chi connectivity index (χ1v) is 7.28. The van der Waals surface area contributed by atoms with Crippen molar-refractivity contribution in [3.8, 4) is 0 Å². The predicted molar refractivity (Wildman–Crippen MR) is 79.2 cm³/mol. The highest BCUT2D eigenvalue weighted by Gasteiger charge is 2.21. The molecule has 2 rings (SSSR count). The molecule has 0 aromatic carbocycles. The van der Waals surface area contributed by atoms with Crippen molar-refractivity contribution in [2.24, 2.45) is 0 Å². The van der Waals surface area contributed by atoms with Crippen molar-refractivity contribution in [3.05, 3.63) is 30.1 Å². The van der Waals surface area contributed by atoms with Gasteiger partial charge in [-0.25, -0.2) is 0 Å². The van der Waals surface area contributed by atoms with Gasteiger partial charge in [-0.15, -0.1) is 0 Å². The topological polar surface area (TPSA) is 48.5 Å². The molecule has 1 aromatic rings. The van der Waals surface area contributed by atoms with Gasteiger partial charge in [-0.05, 0) is 25.5 Å². The van der Waals surface area contributed by atoms with E-state index >= 15 is 0 Å². The van der Waals surface area contributed by atoms with Gasteiger partial charge in [0.15, 0.2) is 0 Å². The van der Waals surface area contributed by atoms with Gasteiger partial charge in [0.1, 0.15) is 0 Å². The second kappa shape index (κ2) is 7.36. The van der Waals surface area contributed by atoms with Crippen molar-refractivity contribution >= 4 is 5.91 Å². The Balaban J connectivity index is 1.95. The molecule has 1 saturated heterocycles. The SMILES string of the molecule is CC(C)N(Cc1cccnc1)C(=O)CN1CCNCC1. The van der Waals surface area contributed by atoms with E-state index in [1.54, 1.807) is 6.20 Å². The summed E-state index contributed by atoms with van der Waals surface area (Å²) in [4.78, 5) is 20.8. The van der Waals surface area contributed by atoms with E-state index in [-0.39, 0.29) is 11.9 Å². The van der Waals surface area contributed by atoms with Gasteiger partial charge in [0.05, 0.1) is 6.54 Å². The monoisotopic (exact) mass is 276 g/mol. The lowest BCUT2D eigenvalue weighted by atomic mass is 10.2. The van der Waals surface area contributed by atoms with Crippen LogP contribution in [0.25, 0.3) is 0 Å². The molecule has 2 heterocycles. The molecule has 110 valence electrons. The van der Waals surface area contributed by atoms with Crippen LogP contribution in [0.2, 0.25) is 0 Å². The zero-order valence-electron chi connectivity index (χ0n) is 12.4. The van der Waals surface area contributed by atoms with E-state index in [1.165, 1.54) is 0 Å². The van der Waals surface area contributed by atoms with E-state index in [4.69, 9.17) is 0 Å². The lowest BCUT2D eigenvalue weighted by Crippen LogP contribution is -2.49. The van der Waals surface area contributed by atoms with Crippen molar-refractivity contribution in [3.63, 3.8) is 0 Å². The quantitative estimate of drug-likeness (QED) is 0.861. The van der Waals surface area contributed by atoms with Gasteiger partial charge in [-0.3, -0.25) is 14.7 Å². The predicted octanol–water partition coefficient (Wildman–Crippen LogP) is 0.724. The van der Waals surface area contributed by atoms with Gasteiger partial charge in [0.2, 0.25) is 5.91 Å². The van der Waals surface area contributed by atoms with Crippen molar-refractivity contribution in [2.45, 2.75) is 26.4 Å². The molecule has 20 heavy (non-hydrogen) atoms. The summed E-state index contributed by atoms with van der Waals surface area (Å²) < 4.78 is 0. The maximum atomic E-state index is 12.5. The zero-order chi connectivity index (χ0) is 14.4. The van der Waals surface area contributed by atoms with Crippen molar-refractivity contribution in [2.75, 3.05) is 32.7 Å². The van der Waals surface area contributed by atoms with Gasteiger partial charge in [0, 0.05) is 51.2 Å². The lowest BCUT2D eigenvalue weighted by Gasteiger charge is -2.32. The molecule has 1 aliphatic rings. The maximum Gasteiger partial charge on any atom is 0.237 e. The summed E-state index contributed by atoms with van der Waals surface area (Å²) in [5, 5.41) is 3.30. The molecule has 1 amide bonds. The Bertz CT molecular complexity index is 415. The minimum atomic E-state index is 0.200. The third-order valence-corrected chi connectivity index (χ3v) is 3.59. The molecule has 0 unspecified atom stereocenters. The highest BCUT2D eigenvalue weighted by Crippen LogP contribution is 2.08.